The van der Waals surface area contributed by atoms with Crippen LogP contribution in [0.15, 0.2) is 71.7 Å². The largest absolute Gasteiger partial charge is 0.480 e. The molecular weight excluding hydrogens is 292 g/mol. The molecule has 2 aromatic carbocycles. The van der Waals surface area contributed by atoms with Crippen LogP contribution in [0.25, 0.3) is 22.5 Å². The van der Waals surface area contributed by atoms with E-state index in [4.69, 9.17) is 5.11 Å². The van der Waals surface area contributed by atoms with Crippen LogP contribution in [0.1, 0.15) is 0 Å². The Morgan fingerprint density at radius 2 is 1.52 bits per heavy atom. The Bertz CT molecular complexity index is 887. The summed E-state index contributed by atoms with van der Waals surface area (Å²) < 4.78 is 1.19. The van der Waals surface area contributed by atoms with Crippen LogP contribution >= 0.6 is 0 Å². The predicted octanol–water partition coefficient (Wildman–Crippen LogP) is 2.66. The highest BCUT2D eigenvalue weighted by Gasteiger charge is 2.15. The van der Waals surface area contributed by atoms with E-state index in [2.05, 4.69) is 4.98 Å². The van der Waals surface area contributed by atoms with E-state index >= 15 is 0 Å². The summed E-state index contributed by atoms with van der Waals surface area (Å²) in [6.07, 6.45) is 1.50. The third kappa shape index (κ3) is 3.03. The second kappa shape index (κ2) is 6.27. The van der Waals surface area contributed by atoms with Crippen LogP contribution in [-0.2, 0) is 11.3 Å². The Labute approximate surface area is 132 Å². The summed E-state index contributed by atoms with van der Waals surface area (Å²) in [4.78, 5) is 28.3. The zero-order valence-corrected chi connectivity index (χ0v) is 12.2. The molecule has 0 atom stereocenters. The highest BCUT2D eigenvalue weighted by atomic mass is 16.4. The molecule has 0 spiro atoms. The standard InChI is InChI=1S/C18H14N2O3/c21-16(22)12-20-17(14-9-5-2-6-10-14)19-11-15(18(20)23)13-7-3-1-4-8-13/h1-11H,12H2,(H,21,22). The maximum absolute atomic E-state index is 12.8. The molecule has 0 aliphatic carbocycles. The summed E-state index contributed by atoms with van der Waals surface area (Å²) in [5.41, 5.74) is 1.42. The highest BCUT2D eigenvalue weighted by Crippen LogP contribution is 2.19. The molecule has 0 aliphatic heterocycles. The molecule has 0 radical (unpaired) electrons. The van der Waals surface area contributed by atoms with E-state index in [1.165, 1.54) is 10.8 Å². The van der Waals surface area contributed by atoms with Crippen molar-refractivity contribution in [1.82, 2.24) is 9.55 Å². The smallest absolute Gasteiger partial charge is 0.323 e. The Morgan fingerprint density at radius 1 is 0.957 bits per heavy atom. The first-order valence-corrected chi connectivity index (χ1v) is 7.09. The SMILES string of the molecule is O=C(O)Cn1c(-c2ccccc2)ncc(-c2ccccc2)c1=O. The van der Waals surface area contributed by atoms with Crippen LogP contribution < -0.4 is 5.56 Å². The Hall–Kier alpha value is -3.21. The Balaban J connectivity index is 2.22. The summed E-state index contributed by atoms with van der Waals surface area (Å²) >= 11 is 0. The van der Waals surface area contributed by atoms with Gasteiger partial charge in [0.1, 0.15) is 12.4 Å². The maximum atomic E-state index is 12.8. The number of benzene rings is 2. The summed E-state index contributed by atoms with van der Waals surface area (Å²) in [6.45, 7) is -0.434. The fraction of sp³-hybridized carbons (Fsp3) is 0.0556. The minimum absolute atomic E-state index is 0.345. The van der Waals surface area contributed by atoms with Crippen molar-refractivity contribution < 1.29 is 9.90 Å². The first-order valence-electron chi connectivity index (χ1n) is 7.09. The highest BCUT2D eigenvalue weighted by molar-refractivity contribution is 5.69. The van der Waals surface area contributed by atoms with Gasteiger partial charge in [0.15, 0.2) is 0 Å². The molecule has 3 aromatic rings. The van der Waals surface area contributed by atoms with Gasteiger partial charge >= 0.3 is 5.97 Å². The Kier molecular flexibility index (Phi) is 4.01. The molecule has 5 nitrogen and oxygen atoms in total. The summed E-state index contributed by atoms with van der Waals surface area (Å²) in [6, 6.07) is 18.2. The van der Waals surface area contributed by atoms with Crippen LogP contribution in [0, 0.1) is 0 Å². The van der Waals surface area contributed by atoms with Gasteiger partial charge < -0.3 is 5.11 Å². The fourth-order valence-corrected chi connectivity index (χ4v) is 2.41. The second-order valence-electron chi connectivity index (χ2n) is 5.01. The lowest BCUT2D eigenvalue weighted by Crippen LogP contribution is -2.27. The number of hydrogen-bond donors (Lipinski definition) is 1. The van der Waals surface area contributed by atoms with Crippen molar-refractivity contribution >= 4 is 5.97 Å². The van der Waals surface area contributed by atoms with Gasteiger partial charge in [-0.25, -0.2) is 4.98 Å². The van der Waals surface area contributed by atoms with Crippen LogP contribution in [0.2, 0.25) is 0 Å². The number of aliphatic carboxylic acids is 1. The van der Waals surface area contributed by atoms with E-state index < -0.39 is 12.5 Å². The molecule has 5 heteroatoms. The first kappa shape index (κ1) is 14.7. The molecular formula is C18H14N2O3. The van der Waals surface area contributed by atoms with E-state index in [0.717, 1.165) is 0 Å². The molecule has 0 fully saturated rings. The number of hydrogen-bond acceptors (Lipinski definition) is 3. The summed E-state index contributed by atoms with van der Waals surface area (Å²) in [5.74, 6) is -0.742. The minimum Gasteiger partial charge on any atom is -0.480 e. The summed E-state index contributed by atoms with van der Waals surface area (Å²) in [5, 5.41) is 9.14. The lowest BCUT2D eigenvalue weighted by Gasteiger charge is -2.12. The van der Waals surface area contributed by atoms with E-state index in [1.54, 1.807) is 24.3 Å². The first-order chi connectivity index (χ1) is 11.2. The third-order valence-electron chi connectivity index (χ3n) is 3.46. The van der Waals surface area contributed by atoms with Gasteiger partial charge in [-0.1, -0.05) is 60.7 Å². The van der Waals surface area contributed by atoms with E-state index in [0.29, 0.717) is 22.5 Å². The van der Waals surface area contributed by atoms with E-state index in [-0.39, 0.29) is 5.56 Å². The molecule has 0 aliphatic rings. The molecule has 1 heterocycles. The fourth-order valence-electron chi connectivity index (χ4n) is 2.41. The van der Waals surface area contributed by atoms with Crippen molar-refractivity contribution in [3.05, 3.63) is 77.2 Å². The molecule has 3 rings (SSSR count). The zero-order valence-electron chi connectivity index (χ0n) is 12.2. The predicted molar refractivity (Wildman–Crippen MR) is 87.0 cm³/mol. The van der Waals surface area contributed by atoms with E-state index in [9.17, 15) is 9.59 Å². The topological polar surface area (TPSA) is 72.2 Å². The molecule has 0 amide bonds. The number of carboxylic acids is 1. The van der Waals surface area contributed by atoms with Crippen LogP contribution in [0.3, 0.4) is 0 Å². The van der Waals surface area contributed by atoms with Crippen molar-refractivity contribution in [3.8, 4) is 22.5 Å². The molecule has 23 heavy (non-hydrogen) atoms. The number of nitrogens with zero attached hydrogens (tertiary/aromatic N) is 2. The molecule has 1 N–H and O–H groups in total. The van der Waals surface area contributed by atoms with Gasteiger partial charge in [0.05, 0.1) is 5.56 Å². The lowest BCUT2D eigenvalue weighted by atomic mass is 10.1. The number of carbonyl (C=O) groups is 1. The van der Waals surface area contributed by atoms with Crippen LogP contribution in [0.4, 0.5) is 0 Å². The van der Waals surface area contributed by atoms with Gasteiger partial charge in [0.25, 0.3) is 5.56 Å². The van der Waals surface area contributed by atoms with Crippen molar-refractivity contribution in [2.24, 2.45) is 0 Å². The van der Waals surface area contributed by atoms with Gasteiger partial charge in [-0.3, -0.25) is 14.2 Å². The summed E-state index contributed by atoms with van der Waals surface area (Å²) in [7, 11) is 0. The second-order valence-corrected chi connectivity index (χ2v) is 5.01. The minimum atomic E-state index is -1.09. The van der Waals surface area contributed by atoms with Gasteiger partial charge in [-0.05, 0) is 5.56 Å². The maximum Gasteiger partial charge on any atom is 0.323 e. The normalized spacial score (nSPS) is 10.4. The monoisotopic (exact) mass is 306 g/mol. The van der Waals surface area contributed by atoms with Crippen molar-refractivity contribution in [3.63, 3.8) is 0 Å². The van der Waals surface area contributed by atoms with Gasteiger partial charge in [0.2, 0.25) is 0 Å². The molecule has 1 aromatic heterocycles. The van der Waals surface area contributed by atoms with Gasteiger partial charge in [-0.2, -0.15) is 0 Å². The third-order valence-corrected chi connectivity index (χ3v) is 3.46. The molecule has 0 saturated heterocycles. The molecule has 114 valence electrons. The molecule has 0 saturated carbocycles. The quantitative estimate of drug-likeness (QED) is 0.804. The average molecular weight is 306 g/mol. The van der Waals surface area contributed by atoms with Crippen molar-refractivity contribution in [2.75, 3.05) is 0 Å². The van der Waals surface area contributed by atoms with Crippen LogP contribution in [-0.4, -0.2) is 20.6 Å². The van der Waals surface area contributed by atoms with E-state index in [1.807, 2.05) is 36.4 Å². The number of rotatable bonds is 4. The van der Waals surface area contributed by atoms with Crippen LogP contribution in [0.5, 0.6) is 0 Å². The van der Waals surface area contributed by atoms with Gasteiger partial charge in [-0.15, -0.1) is 0 Å². The van der Waals surface area contributed by atoms with Crippen molar-refractivity contribution in [2.45, 2.75) is 6.54 Å². The van der Waals surface area contributed by atoms with Gasteiger partial charge in [0, 0.05) is 11.8 Å². The number of aromatic nitrogens is 2. The average Bonchev–Trinajstić information content (AvgIpc) is 2.58. The number of carboxylic acid groups (broad SMARTS) is 1. The molecule has 0 bridgehead atoms. The van der Waals surface area contributed by atoms with Crippen molar-refractivity contribution in [1.29, 1.82) is 0 Å². The Morgan fingerprint density at radius 3 is 2.09 bits per heavy atom. The molecule has 0 unspecified atom stereocenters. The lowest BCUT2D eigenvalue weighted by molar-refractivity contribution is -0.137. The zero-order chi connectivity index (χ0) is 16.2.